The molecule has 1 aliphatic rings. The van der Waals surface area contributed by atoms with Crippen molar-refractivity contribution in [1.29, 1.82) is 0 Å². The van der Waals surface area contributed by atoms with E-state index >= 15 is 0 Å². The van der Waals surface area contributed by atoms with Crippen LogP contribution >= 0.6 is 0 Å². The zero-order valence-corrected chi connectivity index (χ0v) is 9.55. The maximum absolute atomic E-state index is 10.9. The molecule has 0 saturated carbocycles. The Hall–Kier alpha value is -2.10. The van der Waals surface area contributed by atoms with Gasteiger partial charge in [-0.25, -0.2) is 0 Å². The Labute approximate surface area is 99.5 Å². The van der Waals surface area contributed by atoms with Crippen LogP contribution in [0.3, 0.4) is 0 Å². The molecule has 1 aromatic rings. The van der Waals surface area contributed by atoms with Gasteiger partial charge in [-0.2, -0.15) is 0 Å². The molecule has 0 radical (unpaired) electrons. The SMILES string of the molecule is COC1=CN(c2ccc(C=O)c(C=O)c2)CC1. The van der Waals surface area contributed by atoms with E-state index in [0.717, 1.165) is 24.4 Å². The third-order valence-electron chi connectivity index (χ3n) is 2.82. The van der Waals surface area contributed by atoms with Gasteiger partial charge in [0.25, 0.3) is 0 Å². The summed E-state index contributed by atoms with van der Waals surface area (Å²) in [5, 5.41) is 0. The number of ether oxygens (including phenoxy) is 1. The number of nitrogens with zero attached hydrogens (tertiary/aromatic N) is 1. The number of rotatable bonds is 4. The summed E-state index contributed by atoms with van der Waals surface area (Å²) in [6.45, 7) is 0.821. The minimum atomic E-state index is 0.414. The van der Waals surface area contributed by atoms with Gasteiger partial charge in [-0.1, -0.05) is 0 Å². The molecule has 88 valence electrons. The van der Waals surface area contributed by atoms with Crippen molar-refractivity contribution >= 4 is 18.3 Å². The number of anilines is 1. The lowest BCUT2D eigenvalue weighted by Crippen LogP contribution is -2.12. The topological polar surface area (TPSA) is 46.6 Å². The van der Waals surface area contributed by atoms with E-state index in [1.807, 2.05) is 17.2 Å². The molecule has 17 heavy (non-hydrogen) atoms. The molecule has 0 aliphatic carbocycles. The quantitative estimate of drug-likeness (QED) is 0.744. The summed E-state index contributed by atoms with van der Waals surface area (Å²) in [4.78, 5) is 23.6. The van der Waals surface area contributed by atoms with E-state index in [9.17, 15) is 9.59 Å². The fraction of sp³-hybridized carbons (Fsp3) is 0.231. The lowest BCUT2D eigenvalue weighted by molar-refractivity contribution is 0.109. The van der Waals surface area contributed by atoms with Gasteiger partial charge in [-0.15, -0.1) is 0 Å². The minimum Gasteiger partial charge on any atom is -0.500 e. The maximum Gasteiger partial charge on any atom is 0.150 e. The van der Waals surface area contributed by atoms with Gasteiger partial charge >= 0.3 is 0 Å². The number of methoxy groups -OCH3 is 1. The van der Waals surface area contributed by atoms with E-state index in [1.165, 1.54) is 0 Å². The van der Waals surface area contributed by atoms with E-state index in [2.05, 4.69) is 0 Å². The second kappa shape index (κ2) is 4.82. The van der Waals surface area contributed by atoms with Crippen molar-refractivity contribution in [3.05, 3.63) is 41.3 Å². The average molecular weight is 231 g/mol. The Bertz CT molecular complexity index is 480. The zero-order chi connectivity index (χ0) is 12.3. The van der Waals surface area contributed by atoms with E-state index in [0.29, 0.717) is 23.7 Å². The van der Waals surface area contributed by atoms with Gasteiger partial charge in [0, 0.05) is 36.0 Å². The second-order valence-corrected chi connectivity index (χ2v) is 3.79. The summed E-state index contributed by atoms with van der Waals surface area (Å²) in [7, 11) is 1.64. The third kappa shape index (κ3) is 2.20. The second-order valence-electron chi connectivity index (χ2n) is 3.79. The first-order chi connectivity index (χ1) is 8.28. The van der Waals surface area contributed by atoms with Gasteiger partial charge in [0.2, 0.25) is 0 Å². The molecular weight excluding hydrogens is 218 g/mol. The number of carbonyl (C=O) groups excluding carboxylic acids is 2. The molecule has 0 unspecified atom stereocenters. The van der Waals surface area contributed by atoms with Crippen LogP contribution in [0.4, 0.5) is 5.69 Å². The summed E-state index contributed by atoms with van der Waals surface area (Å²) in [6.07, 6.45) is 4.14. The zero-order valence-electron chi connectivity index (χ0n) is 9.55. The molecule has 0 spiro atoms. The average Bonchev–Trinajstić information content (AvgIpc) is 2.86. The number of carbonyl (C=O) groups is 2. The van der Waals surface area contributed by atoms with Crippen LogP contribution in [-0.4, -0.2) is 26.2 Å². The predicted molar refractivity (Wildman–Crippen MR) is 64.3 cm³/mol. The highest BCUT2D eigenvalue weighted by atomic mass is 16.5. The molecule has 0 amide bonds. The van der Waals surface area contributed by atoms with Crippen molar-refractivity contribution < 1.29 is 14.3 Å². The first kappa shape index (κ1) is 11.4. The third-order valence-corrected chi connectivity index (χ3v) is 2.82. The van der Waals surface area contributed by atoms with Crippen LogP contribution in [-0.2, 0) is 4.74 Å². The van der Waals surface area contributed by atoms with Gasteiger partial charge in [0.05, 0.1) is 7.11 Å². The summed E-state index contributed by atoms with van der Waals surface area (Å²) in [5.74, 6) is 0.914. The molecule has 4 nitrogen and oxygen atoms in total. The Morgan fingerprint density at radius 3 is 2.59 bits per heavy atom. The van der Waals surface area contributed by atoms with Crippen molar-refractivity contribution in [3.8, 4) is 0 Å². The predicted octanol–water partition coefficient (Wildman–Crippen LogP) is 2.01. The highest BCUT2D eigenvalue weighted by molar-refractivity contribution is 5.91. The number of hydrogen-bond acceptors (Lipinski definition) is 4. The molecule has 0 atom stereocenters. The molecule has 0 saturated heterocycles. The summed E-state index contributed by atoms with van der Waals surface area (Å²) in [5.41, 5.74) is 1.72. The molecule has 2 rings (SSSR count). The lowest BCUT2D eigenvalue weighted by Gasteiger charge is -2.15. The van der Waals surface area contributed by atoms with E-state index in [-0.39, 0.29) is 0 Å². The smallest absolute Gasteiger partial charge is 0.150 e. The van der Waals surface area contributed by atoms with Gasteiger partial charge in [-0.3, -0.25) is 9.59 Å². The summed E-state index contributed by atoms with van der Waals surface area (Å²) in [6, 6.07) is 5.20. The van der Waals surface area contributed by atoms with Gasteiger partial charge in [0.15, 0.2) is 12.6 Å². The first-order valence-electron chi connectivity index (χ1n) is 5.34. The van der Waals surface area contributed by atoms with Crippen molar-refractivity contribution in [2.45, 2.75) is 6.42 Å². The van der Waals surface area contributed by atoms with Crippen LogP contribution in [0.1, 0.15) is 27.1 Å². The van der Waals surface area contributed by atoms with Crippen molar-refractivity contribution in [1.82, 2.24) is 0 Å². The Kier molecular flexibility index (Phi) is 3.23. The Balaban J connectivity index is 2.31. The molecular formula is C13H13NO3. The molecule has 1 aromatic carbocycles. The highest BCUT2D eigenvalue weighted by Gasteiger charge is 2.15. The molecule has 0 N–H and O–H groups in total. The van der Waals surface area contributed by atoms with Gasteiger partial charge in [-0.05, 0) is 18.2 Å². The first-order valence-corrected chi connectivity index (χ1v) is 5.34. The normalized spacial score (nSPS) is 14.4. The largest absolute Gasteiger partial charge is 0.500 e. The Morgan fingerprint density at radius 2 is 2.00 bits per heavy atom. The molecule has 1 heterocycles. The van der Waals surface area contributed by atoms with Crippen LogP contribution in [0.25, 0.3) is 0 Å². The minimum absolute atomic E-state index is 0.414. The Morgan fingerprint density at radius 1 is 1.24 bits per heavy atom. The number of benzene rings is 1. The lowest BCUT2D eigenvalue weighted by atomic mass is 10.1. The van der Waals surface area contributed by atoms with E-state index in [1.54, 1.807) is 19.2 Å². The van der Waals surface area contributed by atoms with E-state index in [4.69, 9.17) is 4.74 Å². The van der Waals surface area contributed by atoms with Crippen LogP contribution in [0.5, 0.6) is 0 Å². The summed E-state index contributed by atoms with van der Waals surface area (Å²) >= 11 is 0. The van der Waals surface area contributed by atoms with Crippen LogP contribution in [0.2, 0.25) is 0 Å². The summed E-state index contributed by atoms with van der Waals surface area (Å²) < 4.78 is 5.16. The molecule has 0 bridgehead atoms. The van der Waals surface area contributed by atoms with Crippen molar-refractivity contribution in [3.63, 3.8) is 0 Å². The molecule has 1 aliphatic heterocycles. The fourth-order valence-electron chi connectivity index (χ4n) is 1.84. The van der Waals surface area contributed by atoms with Crippen molar-refractivity contribution in [2.24, 2.45) is 0 Å². The molecule has 0 aromatic heterocycles. The highest BCUT2D eigenvalue weighted by Crippen LogP contribution is 2.24. The molecule has 4 heteroatoms. The number of hydrogen-bond donors (Lipinski definition) is 0. The van der Waals surface area contributed by atoms with Crippen LogP contribution in [0.15, 0.2) is 30.2 Å². The van der Waals surface area contributed by atoms with Crippen LogP contribution in [0, 0.1) is 0 Å². The fourth-order valence-corrected chi connectivity index (χ4v) is 1.84. The number of aldehydes is 2. The van der Waals surface area contributed by atoms with E-state index < -0.39 is 0 Å². The van der Waals surface area contributed by atoms with Crippen LogP contribution < -0.4 is 4.90 Å². The standard InChI is InChI=1S/C13H13NO3/c1-17-13-4-5-14(7-13)12-3-2-10(8-15)11(6-12)9-16/h2-3,6-9H,4-5H2,1H3. The van der Waals surface area contributed by atoms with Gasteiger partial charge < -0.3 is 9.64 Å². The molecule has 0 fully saturated rings. The monoisotopic (exact) mass is 231 g/mol. The maximum atomic E-state index is 10.9. The van der Waals surface area contributed by atoms with Gasteiger partial charge in [0.1, 0.15) is 5.76 Å². The van der Waals surface area contributed by atoms with Crippen molar-refractivity contribution in [2.75, 3.05) is 18.6 Å².